The summed E-state index contributed by atoms with van der Waals surface area (Å²) in [6.07, 6.45) is 4.97. The molecule has 1 aliphatic rings. The third-order valence-corrected chi connectivity index (χ3v) is 4.87. The topological polar surface area (TPSA) is 76.4 Å². The molecule has 3 rings (SSSR count). The van der Waals surface area contributed by atoms with E-state index in [2.05, 4.69) is 20.8 Å². The Bertz CT molecular complexity index is 737. The number of ether oxygens (including phenoxy) is 1. The molecule has 27 heavy (non-hydrogen) atoms. The van der Waals surface area contributed by atoms with Crippen LogP contribution < -0.4 is 15.4 Å². The van der Waals surface area contributed by atoms with Crippen molar-refractivity contribution in [2.45, 2.75) is 51.7 Å². The molecule has 0 unspecified atom stereocenters. The number of rotatable bonds is 6. The van der Waals surface area contributed by atoms with E-state index >= 15 is 0 Å². The highest BCUT2D eigenvalue weighted by Crippen LogP contribution is 2.17. The lowest BCUT2D eigenvalue weighted by atomic mass is 10.2. The quantitative estimate of drug-likeness (QED) is 0.375. The largest absolute Gasteiger partial charge is 0.497 e. The SMILES string of the molecule is COc1ccc(CN=C(NCc2nnc(C)n2C)NC2CCCC2)cc1.I. The molecule has 0 aliphatic heterocycles. The number of guanidine groups is 1. The molecule has 2 N–H and O–H groups in total. The second-order valence-corrected chi connectivity index (χ2v) is 6.71. The van der Waals surface area contributed by atoms with Crippen LogP contribution in [0.5, 0.6) is 5.75 Å². The monoisotopic (exact) mass is 484 g/mol. The number of benzene rings is 1. The summed E-state index contributed by atoms with van der Waals surface area (Å²) in [5.74, 6) is 3.49. The van der Waals surface area contributed by atoms with Gasteiger partial charge in [0, 0.05) is 13.1 Å². The zero-order valence-corrected chi connectivity index (χ0v) is 18.6. The van der Waals surface area contributed by atoms with Crippen molar-refractivity contribution in [3.8, 4) is 5.75 Å². The van der Waals surface area contributed by atoms with Crippen LogP contribution in [0.4, 0.5) is 0 Å². The molecule has 1 aromatic carbocycles. The van der Waals surface area contributed by atoms with Crippen molar-refractivity contribution in [1.29, 1.82) is 0 Å². The fourth-order valence-corrected chi connectivity index (χ4v) is 3.09. The molecule has 1 fully saturated rings. The third kappa shape index (κ3) is 6.08. The fraction of sp³-hybridized carbons (Fsp3) is 0.526. The zero-order chi connectivity index (χ0) is 18.4. The third-order valence-electron chi connectivity index (χ3n) is 4.87. The Hall–Kier alpha value is -1.84. The highest BCUT2D eigenvalue weighted by molar-refractivity contribution is 14.0. The van der Waals surface area contributed by atoms with Crippen molar-refractivity contribution in [3.63, 3.8) is 0 Å². The van der Waals surface area contributed by atoms with E-state index in [0.717, 1.165) is 28.9 Å². The van der Waals surface area contributed by atoms with E-state index in [-0.39, 0.29) is 24.0 Å². The number of nitrogens with zero attached hydrogens (tertiary/aromatic N) is 4. The average molecular weight is 484 g/mol. The summed E-state index contributed by atoms with van der Waals surface area (Å²) < 4.78 is 7.20. The fourth-order valence-electron chi connectivity index (χ4n) is 3.09. The highest BCUT2D eigenvalue weighted by atomic mass is 127. The molecule has 0 saturated heterocycles. The lowest BCUT2D eigenvalue weighted by Gasteiger charge is -2.17. The molecule has 0 bridgehead atoms. The highest BCUT2D eigenvalue weighted by Gasteiger charge is 2.16. The lowest BCUT2D eigenvalue weighted by Crippen LogP contribution is -2.42. The van der Waals surface area contributed by atoms with Crippen molar-refractivity contribution in [2.24, 2.45) is 12.0 Å². The Labute approximate surface area is 178 Å². The molecule has 1 saturated carbocycles. The minimum Gasteiger partial charge on any atom is -0.497 e. The van der Waals surface area contributed by atoms with Gasteiger partial charge in [-0.25, -0.2) is 4.99 Å². The maximum absolute atomic E-state index is 5.21. The molecular formula is C19H29IN6O. The number of hydrogen-bond acceptors (Lipinski definition) is 4. The van der Waals surface area contributed by atoms with Crippen molar-refractivity contribution < 1.29 is 4.74 Å². The van der Waals surface area contributed by atoms with Gasteiger partial charge in [-0.05, 0) is 37.5 Å². The van der Waals surface area contributed by atoms with Gasteiger partial charge in [0.2, 0.25) is 0 Å². The van der Waals surface area contributed by atoms with Gasteiger partial charge in [0.1, 0.15) is 11.6 Å². The molecule has 8 heteroatoms. The average Bonchev–Trinajstić information content (AvgIpc) is 3.29. The Morgan fingerprint density at radius 3 is 2.52 bits per heavy atom. The van der Waals surface area contributed by atoms with E-state index in [4.69, 9.17) is 9.73 Å². The zero-order valence-electron chi connectivity index (χ0n) is 16.2. The van der Waals surface area contributed by atoms with Gasteiger partial charge in [0.05, 0.1) is 20.2 Å². The molecule has 7 nitrogen and oxygen atoms in total. The van der Waals surface area contributed by atoms with Crippen LogP contribution in [0.1, 0.15) is 42.9 Å². The molecule has 0 radical (unpaired) electrons. The first kappa shape index (κ1) is 21.5. The number of aromatic nitrogens is 3. The molecule has 0 amide bonds. The van der Waals surface area contributed by atoms with Crippen LogP contribution >= 0.6 is 24.0 Å². The predicted octanol–water partition coefficient (Wildman–Crippen LogP) is 2.93. The van der Waals surface area contributed by atoms with Gasteiger partial charge in [0.15, 0.2) is 11.8 Å². The molecule has 1 aromatic heterocycles. The molecule has 1 heterocycles. The number of halogens is 1. The summed E-state index contributed by atoms with van der Waals surface area (Å²) in [6, 6.07) is 8.51. The number of aliphatic imine (C=N–C) groups is 1. The normalized spacial score (nSPS) is 14.7. The van der Waals surface area contributed by atoms with Crippen LogP contribution in [0.3, 0.4) is 0 Å². The van der Waals surface area contributed by atoms with Crippen LogP contribution in [0.2, 0.25) is 0 Å². The maximum atomic E-state index is 5.21. The van der Waals surface area contributed by atoms with Crippen LogP contribution in [0.15, 0.2) is 29.3 Å². The second kappa shape index (κ2) is 10.5. The number of hydrogen-bond donors (Lipinski definition) is 2. The van der Waals surface area contributed by atoms with Crippen molar-refractivity contribution >= 4 is 29.9 Å². The summed E-state index contributed by atoms with van der Waals surface area (Å²) in [5.41, 5.74) is 1.15. The number of nitrogens with one attached hydrogen (secondary N) is 2. The molecule has 148 valence electrons. The Morgan fingerprint density at radius 1 is 1.22 bits per heavy atom. The number of aryl methyl sites for hydroxylation is 1. The van der Waals surface area contributed by atoms with Gasteiger partial charge in [-0.15, -0.1) is 34.2 Å². The molecule has 2 aromatic rings. The molecule has 0 atom stereocenters. The summed E-state index contributed by atoms with van der Waals surface area (Å²) in [6.45, 7) is 3.16. The summed E-state index contributed by atoms with van der Waals surface area (Å²) in [4.78, 5) is 4.76. The van der Waals surface area contributed by atoms with Crippen LogP contribution in [0.25, 0.3) is 0 Å². The summed E-state index contributed by atoms with van der Waals surface area (Å²) in [5, 5.41) is 15.3. The van der Waals surface area contributed by atoms with Gasteiger partial charge in [-0.3, -0.25) is 0 Å². The van der Waals surface area contributed by atoms with Crippen LogP contribution in [0, 0.1) is 6.92 Å². The first-order valence-electron chi connectivity index (χ1n) is 9.18. The minimum atomic E-state index is 0. The van der Waals surface area contributed by atoms with Gasteiger partial charge in [-0.1, -0.05) is 25.0 Å². The van der Waals surface area contributed by atoms with Crippen molar-refractivity contribution in [2.75, 3.05) is 7.11 Å². The first-order chi connectivity index (χ1) is 12.7. The maximum Gasteiger partial charge on any atom is 0.192 e. The summed E-state index contributed by atoms with van der Waals surface area (Å²) >= 11 is 0. The minimum absolute atomic E-state index is 0. The lowest BCUT2D eigenvalue weighted by molar-refractivity contribution is 0.414. The van der Waals surface area contributed by atoms with Gasteiger partial charge in [-0.2, -0.15) is 0 Å². The molecule has 1 aliphatic carbocycles. The predicted molar refractivity (Wildman–Crippen MR) is 118 cm³/mol. The van der Waals surface area contributed by atoms with E-state index in [9.17, 15) is 0 Å². The van der Waals surface area contributed by atoms with E-state index in [1.165, 1.54) is 25.7 Å². The molecular weight excluding hydrogens is 455 g/mol. The van der Waals surface area contributed by atoms with Gasteiger partial charge in [0.25, 0.3) is 0 Å². The smallest absolute Gasteiger partial charge is 0.192 e. The van der Waals surface area contributed by atoms with E-state index in [0.29, 0.717) is 19.1 Å². The van der Waals surface area contributed by atoms with Gasteiger partial charge >= 0.3 is 0 Å². The Morgan fingerprint density at radius 2 is 1.93 bits per heavy atom. The molecule has 0 spiro atoms. The van der Waals surface area contributed by atoms with E-state index in [1.807, 2.05) is 42.8 Å². The van der Waals surface area contributed by atoms with Crippen LogP contribution in [-0.2, 0) is 20.1 Å². The van der Waals surface area contributed by atoms with E-state index in [1.54, 1.807) is 7.11 Å². The van der Waals surface area contributed by atoms with Gasteiger partial charge < -0.3 is 19.9 Å². The summed E-state index contributed by atoms with van der Waals surface area (Å²) in [7, 11) is 3.65. The van der Waals surface area contributed by atoms with Crippen LogP contribution in [-0.4, -0.2) is 33.9 Å². The van der Waals surface area contributed by atoms with Crippen molar-refractivity contribution in [1.82, 2.24) is 25.4 Å². The van der Waals surface area contributed by atoms with Crippen molar-refractivity contribution in [3.05, 3.63) is 41.5 Å². The second-order valence-electron chi connectivity index (χ2n) is 6.71. The van der Waals surface area contributed by atoms with E-state index < -0.39 is 0 Å². The Kier molecular flexibility index (Phi) is 8.33. The Balaban J connectivity index is 0.00000261. The number of methoxy groups -OCH3 is 1. The first-order valence-corrected chi connectivity index (χ1v) is 9.18. The standard InChI is InChI=1S/C19H28N6O.HI/c1-14-23-24-18(25(14)2)13-21-19(22-16-6-4-5-7-16)20-12-15-8-10-17(26-3)11-9-15;/h8-11,16H,4-7,12-13H2,1-3H3,(H2,20,21,22);1H.